The van der Waals surface area contributed by atoms with Gasteiger partial charge in [-0.05, 0) is 24.3 Å². The Bertz CT molecular complexity index is 502. The van der Waals surface area contributed by atoms with Gasteiger partial charge in [0, 0.05) is 0 Å². The Labute approximate surface area is 117 Å². The first kappa shape index (κ1) is 13.7. The van der Waals surface area contributed by atoms with Crippen LogP contribution < -0.4 is 9.47 Å². The fraction of sp³-hybridized carbons (Fsp3) is 0.200. The minimum absolute atomic E-state index is 0.135. The summed E-state index contributed by atoms with van der Waals surface area (Å²) < 4.78 is 10.8. The molecule has 1 atom stereocenters. The van der Waals surface area contributed by atoms with Crippen LogP contribution in [0.1, 0.15) is 0 Å². The zero-order chi connectivity index (χ0) is 13.5. The van der Waals surface area contributed by atoms with Gasteiger partial charge in [-0.2, -0.15) is 0 Å². The van der Waals surface area contributed by atoms with Crippen LogP contribution in [0.15, 0.2) is 54.6 Å². The Hall–Kier alpha value is -1.71. The van der Waals surface area contributed by atoms with Crippen LogP contribution in [0, 0.1) is 0 Å². The van der Waals surface area contributed by atoms with Gasteiger partial charge >= 0.3 is 0 Å². The maximum atomic E-state index is 9.77. The molecule has 100 valence electrons. The molecule has 0 aromatic heterocycles. The number of benzene rings is 2. The summed E-state index contributed by atoms with van der Waals surface area (Å²) in [6.07, 6.45) is -0.712. The molecule has 2 rings (SSSR count). The number of hydrogen-bond donors (Lipinski definition) is 1. The molecule has 1 N–H and O–H groups in total. The molecule has 0 aliphatic rings. The van der Waals surface area contributed by atoms with Gasteiger partial charge in [0.25, 0.3) is 0 Å². The van der Waals surface area contributed by atoms with Crippen molar-refractivity contribution in [3.05, 3.63) is 59.6 Å². The lowest BCUT2D eigenvalue weighted by Gasteiger charge is -2.14. The molecular formula is C15H15ClO3. The Kier molecular flexibility index (Phi) is 5.07. The standard InChI is InChI=1S/C15H15ClO3/c16-14-8-4-5-9-15(14)19-11-12(17)10-18-13-6-2-1-3-7-13/h1-9,12,17H,10-11H2/t12-/m0/s1. The van der Waals surface area contributed by atoms with E-state index in [-0.39, 0.29) is 13.2 Å². The molecule has 0 amide bonds. The lowest BCUT2D eigenvalue weighted by atomic mass is 10.3. The van der Waals surface area contributed by atoms with Crippen LogP contribution in [0.5, 0.6) is 11.5 Å². The van der Waals surface area contributed by atoms with Crippen molar-refractivity contribution in [1.82, 2.24) is 0 Å². The molecule has 0 bridgehead atoms. The first-order chi connectivity index (χ1) is 9.25. The van der Waals surface area contributed by atoms with Crippen LogP contribution in [-0.4, -0.2) is 24.4 Å². The van der Waals surface area contributed by atoms with Crippen molar-refractivity contribution in [2.24, 2.45) is 0 Å². The topological polar surface area (TPSA) is 38.7 Å². The highest BCUT2D eigenvalue weighted by atomic mass is 35.5. The number of aliphatic hydroxyl groups excluding tert-OH is 1. The number of para-hydroxylation sites is 2. The number of hydrogen-bond acceptors (Lipinski definition) is 3. The molecule has 0 unspecified atom stereocenters. The van der Waals surface area contributed by atoms with E-state index in [4.69, 9.17) is 21.1 Å². The molecule has 2 aromatic carbocycles. The summed E-state index contributed by atoms with van der Waals surface area (Å²) in [5.41, 5.74) is 0. The van der Waals surface area contributed by atoms with Gasteiger partial charge < -0.3 is 14.6 Å². The predicted molar refractivity (Wildman–Crippen MR) is 74.9 cm³/mol. The minimum atomic E-state index is -0.712. The monoisotopic (exact) mass is 278 g/mol. The van der Waals surface area contributed by atoms with Gasteiger partial charge in [-0.15, -0.1) is 0 Å². The second-order valence-electron chi connectivity index (χ2n) is 4.02. The molecule has 0 aliphatic heterocycles. The van der Waals surface area contributed by atoms with Crippen LogP contribution in [-0.2, 0) is 0 Å². The van der Waals surface area contributed by atoms with Crippen molar-refractivity contribution in [2.45, 2.75) is 6.10 Å². The molecule has 0 radical (unpaired) electrons. The fourth-order valence-corrected chi connectivity index (χ4v) is 1.70. The first-order valence-corrected chi connectivity index (χ1v) is 6.37. The summed E-state index contributed by atoms with van der Waals surface area (Å²) in [4.78, 5) is 0. The van der Waals surface area contributed by atoms with E-state index in [2.05, 4.69) is 0 Å². The van der Waals surface area contributed by atoms with Gasteiger partial charge in [0.05, 0.1) is 5.02 Å². The van der Waals surface area contributed by atoms with Crippen molar-refractivity contribution in [3.63, 3.8) is 0 Å². The second-order valence-corrected chi connectivity index (χ2v) is 4.43. The zero-order valence-electron chi connectivity index (χ0n) is 10.3. The molecule has 0 saturated heterocycles. The highest BCUT2D eigenvalue weighted by molar-refractivity contribution is 6.32. The van der Waals surface area contributed by atoms with E-state index >= 15 is 0 Å². The highest BCUT2D eigenvalue weighted by Crippen LogP contribution is 2.23. The van der Waals surface area contributed by atoms with Crippen molar-refractivity contribution >= 4 is 11.6 Å². The van der Waals surface area contributed by atoms with Crippen molar-refractivity contribution < 1.29 is 14.6 Å². The van der Waals surface area contributed by atoms with Gasteiger partial charge in [0.2, 0.25) is 0 Å². The Morgan fingerprint density at radius 3 is 2.26 bits per heavy atom. The van der Waals surface area contributed by atoms with Gasteiger partial charge in [0.15, 0.2) is 0 Å². The summed E-state index contributed by atoms with van der Waals surface area (Å²) in [6.45, 7) is 0.311. The van der Waals surface area contributed by atoms with Gasteiger partial charge in [-0.1, -0.05) is 41.9 Å². The molecule has 19 heavy (non-hydrogen) atoms. The molecule has 0 fully saturated rings. The maximum Gasteiger partial charge on any atom is 0.138 e. The highest BCUT2D eigenvalue weighted by Gasteiger charge is 2.08. The van der Waals surface area contributed by atoms with E-state index in [9.17, 15) is 5.11 Å². The van der Waals surface area contributed by atoms with E-state index in [0.29, 0.717) is 10.8 Å². The number of aliphatic hydroxyl groups is 1. The first-order valence-electron chi connectivity index (χ1n) is 5.99. The van der Waals surface area contributed by atoms with E-state index in [1.807, 2.05) is 42.5 Å². The summed E-state index contributed by atoms with van der Waals surface area (Å²) in [5, 5.41) is 10.3. The lowest BCUT2D eigenvalue weighted by Crippen LogP contribution is -2.25. The molecule has 2 aromatic rings. The third-order valence-corrected chi connectivity index (χ3v) is 2.77. The molecular weight excluding hydrogens is 264 g/mol. The lowest BCUT2D eigenvalue weighted by molar-refractivity contribution is 0.0627. The summed E-state index contributed by atoms with van der Waals surface area (Å²) in [6, 6.07) is 16.5. The van der Waals surface area contributed by atoms with Crippen molar-refractivity contribution in [2.75, 3.05) is 13.2 Å². The third kappa shape index (κ3) is 4.47. The van der Waals surface area contributed by atoms with Crippen LogP contribution in [0.4, 0.5) is 0 Å². The van der Waals surface area contributed by atoms with E-state index in [0.717, 1.165) is 5.75 Å². The van der Waals surface area contributed by atoms with Crippen LogP contribution in [0.3, 0.4) is 0 Å². The summed E-state index contributed by atoms with van der Waals surface area (Å²) in [5.74, 6) is 1.28. The second kappa shape index (κ2) is 7.02. The van der Waals surface area contributed by atoms with Gasteiger partial charge in [-0.25, -0.2) is 0 Å². The molecule has 0 heterocycles. The zero-order valence-corrected chi connectivity index (χ0v) is 11.1. The average Bonchev–Trinajstić information content (AvgIpc) is 2.45. The molecule has 0 aliphatic carbocycles. The van der Waals surface area contributed by atoms with Crippen LogP contribution in [0.2, 0.25) is 5.02 Å². The largest absolute Gasteiger partial charge is 0.491 e. The normalized spacial score (nSPS) is 11.9. The summed E-state index contributed by atoms with van der Waals surface area (Å²) in [7, 11) is 0. The average molecular weight is 279 g/mol. The van der Waals surface area contributed by atoms with Crippen molar-refractivity contribution in [3.8, 4) is 11.5 Å². The molecule has 4 heteroatoms. The third-order valence-electron chi connectivity index (χ3n) is 2.45. The summed E-state index contributed by atoms with van der Waals surface area (Å²) >= 11 is 5.94. The van der Waals surface area contributed by atoms with Crippen molar-refractivity contribution in [1.29, 1.82) is 0 Å². The van der Waals surface area contributed by atoms with E-state index in [1.165, 1.54) is 0 Å². The Morgan fingerprint density at radius 1 is 0.895 bits per heavy atom. The number of halogens is 1. The number of ether oxygens (including phenoxy) is 2. The van der Waals surface area contributed by atoms with Crippen LogP contribution >= 0.6 is 11.6 Å². The Balaban J connectivity index is 1.76. The fourth-order valence-electron chi connectivity index (χ4n) is 1.51. The predicted octanol–water partition coefficient (Wildman–Crippen LogP) is 3.16. The SMILES string of the molecule is O[C@@H](COc1ccccc1)COc1ccccc1Cl. The molecule has 3 nitrogen and oxygen atoms in total. The Morgan fingerprint density at radius 2 is 1.53 bits per heavy atom. The van der Waals surface area contributed by atoms with E-state index < -0.39 is 6.10 Å². The van der Waals surface area contributed by atoms with Gasteiger partial charge in [0.1, 0.15) is 30.8 Å². The molecule has 0 spiro atoms. The van der Waals surface area contributed by atoms with Gasteiger partial charge in [-0.3, -0.25) is 0 Å². The smallest absolute Gasteiger partial charge is 0.138 e. The number of rotatable bonds is 6. The quantitative estimate of drug-likeness (QED) is 0.882. The van der Waals surface area contributed by atoms with Crippen LogP contribution in [0.25, 0.3) is 0 Å². The molecule has 0 saturated carbocycles. The minimum Gasteiger partial charge on any atom is -0.491 e. The van der Waals surface area contributed by atoms with E-state index in [1.54, 1.807) is 12.1 Å². The maximum absolute atomic E-state index is 9.77.